The third kappa shape index (κ3) is 5.34. The third-order valence-corrected chi connectivity index (χ3v) is 5.42. The van der Waals surface area contributed by atoms with Crippen LogP contribution < -0.4 is 4.74 Å². The Morgan fingerprint density at radius 3 is 2.78 bits per heavy atom. The van der Waals surface area contributed by atoms with E-state index in [0.29, 0.717) is 11.5 Å². The summed E-state index contributed by atoms with van der Waals surface area (Å²) in [6.45, 7) is 2.38. The van der Waals surface area contributed by atoms with E-state index < -0.39 is 0 Å². The molecule has 0 radical (unpaired) electrons. The number of nitrogens with zero attached hydrogens (tertiary/aromatic N) is 1. The van der Waals surface area contributed by atoms with Gasteiger partial charge in [-0.2, -0.15) is 0 Å². The molecular formula is C22H29NO4. The summed E-state index contributed by atoms with van der Waals surface area (Å²) in [6.07, 6.45) is 8.01. The van der Waals surface area contributed by atoms with E-state index in [9.17, 15) is 4.79 Å². The second-order valence-electron chi connectivity index (χ2n) is 7.38. The van der Waals surface area contributed by atoms with Gasteiger partial charge in [0.2, 0.25) is 0 Å². The zero-order valence-electron chi connectivity index (χ0n) is 16.3. The molecule has 0 bridgehead atoms. The van der Waals surface area contributed by atoms with Gasteiger partial charge in [0.25, 0.3) is 0 Å². The second kappa shape index (κ2) is 9.58. The molecule has 0 saturated heterocycles. The molecule has 1 aliphatic carbocycles. The van der Waals surface area contributed by atoms with Gasteiger partial charge in [-0.15, -0.1) is 0 Å². The molecule has 0 aliphatic heterocycles. The minimum atomic E-state index is -0.102. The number of hydrogen-bond acceptors (Lipinski definition) is 5. The topological polar surface area (TPSA) is 61.6 Å². The molecule has 146 valence electrons. The molecule has 5 heteroatoms. The predicted molar refractivity (Wildman–Crippen MR) is 103 cm³/mol. The molecule has 1 aromatic heterocycles. The first-order valence-electron chi connectivity index (χ1n) is 9.96. The van der Waals surface area contributed by atoms with Crippen molar-refractivity contribution in [3.63, 3.8) is 0 Å². The molecule has 0 spiro atoms. The molecule has 0 amide bonds. The van der Waals surface area contributed by atoms with Gasteiger partial charge >= 0.3 is 5.97 Å². The first-order chi connectivity index (χ1) is 13.2. The van der Waals surface area contributed by atoms with E-state index in [4.69, 9.17) is 14.0 Å². The summed E-state index contributed by atoms with van der Waals surface area (Å²) in [5.41, 5.74) is 1.50. The van der Waals surface area contributed by atoms with Crippen LogP contribution in [0.1, 0.15) is 57.6 Å². The quantitative estimate of drug-likeness (QED) is 0.582. The van der Waals surface area contributed by atoms with Crippen LogP contribution in [-0.4, -0.2) is 18.2 Å². The van der Waals surface area contributed by atoms with Crippen LogP contribution in [0.2, 0.25) is 0 Å². The summed E-state index contributed by atoms with van der Waals surface area (Å²) in [7, 11) is 1.63. The molecule has 0 N–H and O–H groups in total. The number of unbranched alkanes of at least 4 members (excludes halogenated alkanes) is 1. The maximum atomic E-state index is 12.4. The first kappa shape index (κ1) is 19.5. The zero-order valence-corrected chi connectivity index (χ0v) is 16.3. The van der Waals surface area contributed by atoms with Crippen molar-refractivity contribution in [2.45, 2.75) is 58.5 Å². The van der Waals surface area contributed by atoms with Gasteiger partial charge in [-0.1, -0.05) is 43.5 Å². The Kier molecular flexibility index (Phi) is 6.91. The number of benzene rings is 1. The van der Waals surface area contributed by atoms with Crippen molar-refractivity contribution in [3.8, 4) is 17.1 Å². The van der Waals surface area contributed by atoms with Crippen molar-refractivity contribution in [1.82, 2.24) is 5.16 Å². The van der Waals surface area contributed by atoms with Gasteiger partial charge in [-0.05, 0) is 43.7 Å². The Balaban J connectivity index is 1.48. The summed E-state index contributed by atoms with van der Waals surface area (Å²) in [6, 6.07) is 9.39. The van der Waals surface area contributed by atoms with Crippen LogP contribution in [0.5, 0.6) is 5.75 Å². The van der Waals surface area contributed by atoms with Crippen molar-refractivity contribution in [3.05, 3.63) is 36.0 Å². The van der Waals surface area contributed by atoms with E-state index in [0.717, 1.165) is 42.9 Å². The average molecular weight is 371 g/mol. The van der Waals surface area contributed by atoms with Crippen LogP contribution in [-0.2, 0) is 16.1 Å². The molecule has 2 aromatic rings. The van der Waals surface area contributed by atoms with Gasteiger partial charge < -0.3 is 14.0 Å². The molecular weight excluding hydrogens is 342 g/mol. The van der Waals surface area contributed by atoms with Crippen LogP contribution in [0, 0.1) is 11.8 Å². The Bertz CT molecular complexity index is 731. The minimum Gasteiger partial charge on any atom is -0.497 e. The molecule has 0 unspecified atom stereocenters. The summed E-state index contributed by atoms with van der Waals surface area (Å²) in [5, 5.41) is 4.02. The molecule has 3 rings (SSSR count). The highest BCUT2D eigenvalue weighted by atomic mass is 16.5. The lowest BCUT2D eigenvalue weighted by Crippen LogP contribution is -2.23. The molecule has 5 nitrogen and oxygen atoms in total. The number of rotatable bonds is 8. The van der Waals surface area contributed by atoms with Crippen molar-refractivity contribution in [1.29, 1.82) is 0 Å². The molecule has 27 heavy (non-hydrogen) atoms. The van der Waals surface area contributed by atoms with Gasteiger partial charge in [-0.25, -0.2) is 0 Å². The lowest BCUT2D eigenvalue weighted by Gasteiger charge is -2.27. The molecule has 1 saturated carbocycles. The fourth-order valence-electron chi connectivity index (χ4n) is 3.73. The average Bonchev–Trinajstić information content (AvgIpc) is 3.20. The second-order valence-corrected chi connectivity index (χ2v) is 7.38. The monoisotopic (exact) mass is 371 g/mol. The van der Waals surface area contributed by atoms with Crippen molar-refractivity contribution in [2.24, 2.45) is 11.8 Å². The Morgan fingerprint density at radius 1 is 1.22 bits per heavy atom. The molecule has 1 fully saturated rings. The van der Waals surface area contributed by atoms with Crippen molar-refractivity contribution < 1.29 is 18.8 Å². The van der Waals surface area contributed by atoms with E-state index in [1.54, 1.807) is 7.11 Å². The van der Waals surface area contributed by atoms with E-state index in [1.165, 1.54) is 19.3 Å². The number of carbonyl (C=O) groups is 1. The maximum absolute atomic E-state index is 12.4. The van der Waals surface area contributed by atoms with E-state index in [-0.39, 0.29) is 18.5 Å². The molecule has 1 aliphatic rings. The molecule has 1 aromatic carbocycles. The van der Waals surface area contributed by atoms with Crippen LogP contribution in [0.25, 0.3) is 11.3 Å². The van der Waals surface area contributed by atoms with Gasteiger partial charge in [0.1, 0.15) is 18.1 Å². The van der Waals surface area contributed by atoms with E-state index in [1.807, 2.05) is 30.3 Å². The smallest absolute Gasteiger partial charge is 0.309 e. The highest BCUT2D eigenvalue weighted by molar-refractivity contribution is 5.72. The summed E-state index contributed by atoms with van der Waals surface area (Å²) >= 11 is 0. The zero-order chi connectivity index (χ0) is 19.1. The summed E-state index contributed by atoms with van der Waals surface area (Å²) in [4.78, 5) is 12.4. The Morgan fingerprint density at radius 2 is 2.04 bits per heavy atom. The van der Waals surface area contributed by atoms with Crippen molar-refractivity contribution in [2.75, 3.05) is 7.11 Å². The minimum absolute atomic E-state index is 0.0348. The third-order valence-electron chi connectivity index (χ3n) is 5.42. The first-order valence-corrected chi connectivity index (χ1v) is 9.96. The maximum Gasteiger partial charge on any atom is 0.309 e. The van der Waals surface area contributed by atoms with Gasteiger partial charge in [0.05, 0.1) is 13.0 Å². The Labute approximate surface area is 161 Å². The van der Waals surface area contributed by atoms with Crippen LogP contribution in [0.15, 0.2) is 34.9 Å². The van der Waals surface area contributed by atoms with Crippen LogP contribution in [0.3, 0.4) is 0 Å². The number of aromatic nitrogens is 1. The summed E-state index contributed by atoms with van der Waals surface area (Å²) < 4.78 is 16.1. The predicted octanol–water partition coefficient (Wildman–Crippen LogP) is 5.39. The fourth-order valence-corrected chi connectivity index (χ4v) is 3.73. The number of hydrogen-bond donors (Lipinski definition) is 0. The van der Waals surface area contributed by atoms with Crippen molar-refractivity contribution >= 4 is 5.97 Å². The largest absolute Gasteiger partial charge is 0.497 e. The highest BCUT2D eigenvalue weighted by Gasteiger charge is 2.27. The molecule has 1 heterocycles. The lowest BCUT2D eigenvalue weighted by molar-refractivity contribution is -0.151. The number of methoxy groups -OCH3 is 1. The Hall–Kier alpha value is -2.30. The normalized spacial score (nSPS) is 19.6. The van der Waals surface area contributed by atoms with E-state index >= 15 is 0 Å². The van der Waals surface area contributed by atoms with Crippen LogP contribution >= 0.6 is 0 Å². The number of carbonyl (C=O) groups excluding carboxylic acids is 1. The number of esters is 1. The molecule has 0 atom stereocenters. The standard InChI is InChI=1S/C22H29NO4/c1-3-4-6-16-9-11-17(12-10-16)22(24)26-15-19-14-21(27-23-19)18-7-5-8-20(13-18)25-2/h5,7-8,13-14,16-17H,3-4,6,9-12,15H2,1-2H3. The van der Waals surface area contributed by atoms with Crippen LogP contribution in [0.4, 0.5) is 0 Å². The lowest BCUT2D eigenvalue weighted by atomic mass is 9.80. The fraction of sp³-hybridized carbons (Fsp3) is 0.545. The summed E-state index contributed by atoms with van der Waals surface area (Å²) in [5.74, 6) is 2.11. The highest BCUT2D eigenvalue weighted by Crippen LogP contribution is 2.32. The number of ether oxygens (including phenoxy) is 2. The van der Waals surface area contributed by atoms with Gasteiger partial charge in [0.15, 0.2) is 5.76 Å². The van der Waals surface area contributed by atoms with E-state index in [2.05, 4.69) is 12.1 Å². The van der Waals surface area contributed by atoms with Gasteiger partial charge in [-0.3, -0.25) is 4.79 Å². The SMILES string of the molecule is CCCCC1CCC(C(=O)OCc2cc(-c3cccc(OC)c3)on2)CC1. The van der Waals surface area contributed by atoms with Gasteiger partial charge in [0, 0.05) is 11.6 Å².